The molecule has 0 radical (unpaired) electrons. The standard InChI is InChI=1S/C23H33N5O3/c1-2-27-21-15-16(3-8-19(21)28-20(23(27)30)9-10-24-28)22(29)25-17-4-6-18(7-5-17)26-11-13-31-14-12-26/h4-7,16,19-21,24H,2-3,8-15H2,1H3,(H,25,29). The first kappa shape index (κ1) is 20.7. The van der Waals surface area contributed by atoms with Crippen LogP contribution >= 0.6 is 0 Å². The number of fused-ring (bicyclic) bond motifs is 3. The molecule has 0 spiro atoms. The summed E-state index contributed by atoms with van der Waals surface area (Å²) < 4.78 is 5.42. The quantitative estimate of drug-likeness (QED) is 0.757. The molecule has 1 aromatic carbocycles. The summed E-state index contributed by atoms with van der Waals surface area (Å²) in [5.74, 6) is 0.215. The van der Waals surface area contributed by atoms with Gasteiger partial charge in [0.15, 0.2) is 0 Å². The van der Waals surface area contributed by atoms with Crippen LogP contribution in [0.1, 0.15) is 32.6 Å². The van der Waals surface area contributed by atoms with Crippen LogP contribution in [0.3, 0.4) is 0 Å². The average molecular weight is 428 g/mol. The van der Waals surface area contributed by atoms with Crippen LogP contribution in [0.5, 0.6) is 0 Å². The van der Waals surface area contributed by atoms with Crippen molar-refractivity contribution in [2.75, 3.05) is 49.6 Å². The SMILES string of the molecule is CCN1C(=O)C2CCNN2C2CCC(C(=O)Nc3ccc(N4CCOCC4)cc3)CC21. The van der Waals surface area contributed by atoms with E-state index in [9.17, 15) is 9.59 Å². The van der Waals surface area contributed by atoms with Gasteiger partial charge in [0.05, 0.1) is 13.2 Å². The van der Waals surface area contributed by atoms with E-state index in [1.807, 2.05) is 24.0 Å². The van der Waals surface area contributed by atoms with Crippen molar-refractivity contribution in [3.63, 3.8) is 0 Å². The zero-order valence-electron chi connectivity index (χ0n) is 18.3. The molecule has 2 amide bonds. The second kappa shape index (κ2) is 8.76. The molecule has 2 N–H and O–H groups in total. The molecule has 8 nitrogen and oxygen atoms in total. The van der Waals surface area contributed by atoms with Crippen molar-refractivity contribution in [3.05, 3.63) is 24.3 Å². The lowest BCUT2D eigenvalue weighted by molar-refractivity contribution is -0.155. The summed E-state index contributed by atoms with van der Waals surface area (Å²) in [6.07, 6.45) is 3.40. The van der Waals surface area contributed by atoms with Gasteiger partial charge in [-0.2, -0.15) is 0 Å². The first-order chi connectivity index (χ1) is 15.2. The Morgan fingerprint density at radius 1 is 1.13 bits per heavy atom. The number of nitrogens with zero attached hydrogens (tertiary/aromatic N) is 3. The van der Waals surface area contributed by atoms with Crippen molar-refractivity contribution >= 4 is 23.2 Å². The van der Waals surface area contributed by atoms with Gasteiger partial charge in [0.25, 0.3) is 0 Å². The average Bonchev–Trinajstić information content (AvgIpc) is 3.31. The number of benzene rings is 1. The largest absolute Gasteiger partial charge is 0.378 e. The molecule has 31 heavy (non-hydrogen) atoms. The van der Waals surface area contributed by atoms with E-state index in [0.29, 0.717) is 12.6 Å². The molecule has 3 heterocycles. The fourth-order valence-electron chi connectivity index (χ4n) is 5.77. The van der Waals surface area contributed by atoms with E-state index in [4.69, 9.17) is 4.74 Å². The summed E-state index contributed by atoms with van der Waals surface area (Å²) in [4.78, 5) is 30.3. The van der Waals surface area contributed by atoms with E-state index in [0.717, 1.165) is 69.9 Å². The molecule has 8 heteroatoms. The van der Waals surface area contributed by atoms with Crippen LogP contribution in [0.4, 0.5) is 11.4 Å². The number of hydrazine groups is 1. The number of ether oxygens (including phenoxy) is 1. The molecular weight excluding hydrogens is 394 g/mol. The molecule has 1 aromatic rings. The van der Waals surface area contributed by atoms with Gasteiger partial charge < -0.3 is 19.9 Å². The third-order valence-electron chi connectivity index (χ3n) is 7.38. The van der Waals surface area contributed by atoms with E-state index >= 15 is 0 Å². The van der Waals surface area contributed by atoms with Gasteiger partial charge in [0.2, 0.25) is 11.8 Å². The fraction of sp³-hybridized carbons (Fsp3) is 0.652. The van der Waals surface area contributed by atoms with E-state index in [1.165, 1.54) is 0 Å². The predicted molar refractivity (Wildman–Crippen MR) is 119 cm³/mol. The number of anilines is 2. The highest BCUT2D eigenvalue weighted by Crippen LogP contribution is 2.37. The van der Waals surface area contributed by atoms with E-state index in [2.05, 4.69) is 32.8 Å². The summed E-state index contributed by atoms with van der Waals surface area (Å²) in [5, 5.41) is 5.30. The number of amides is 2. The number of rotatable bonds is 4. The first-order valence-corrected chi connectivity index (χ1v) is 11.7. The van der Waals surface area contributed by atoms with Gasteiger partial charge in [-0.1, -0.05) is 0 Å². The van der Waals surface area contributed by atoms with E-state index < -0.39 is 0 Å². The van der Waals surface area contributed by atoms with Crippen LogP contribution in [0.2, 0.25) is 0 Å². The molecule has 4 aliphatic rings. The van der Waals surface area contributed by atoms with Crippen LogP contribution in [0, 0.1) is 5.92 Å². The Hall–Kier alpha value is -2.16. The maximum absolute atomic E-state index is 13.1. The highest BCUT2D eigenvalue weighted by Gasteiger charge is 2.51. The summed E-state index contributed by atoms with van der Waals surface area (Å²) in [6, 6.07) is 8.47. The summed E-state index contributed by atoms with van der Waals surface area (Å²) in [6.45, 7) is 6.93. The summed E-state index contributed by atoms with van der Waals surface area (Å²) in [7, 11) is 0. The monoisotopic (exact) mass is 427 g/mol. The molecule has 1 aliphatic carbocycles. The van der Waals surface area contributed by atoms with Crippen molar-refractivity contribution < 1.29 is 14.3 Å². The Morgan fingerprint density at radius 3 is 2.65 bits per heavy atom. The number of likely N-dealkylation sites (N-methyl/N-ethyl adjacent to an activating group) is 1. The van der Waals surface area contributed by atoms with Gasteiger partial charge in [-0.05, 0) is 56.9 Å². The van der Waals surface area contributed by atoms with Crippen LogP contribution < -0.4 is 15.6 Å². The Kier molecular flexibility index (Phi) is 5.86. The number of carbonyl (C=O) groups excluding carboxylic acids is 2. The molecule has 0 bridgehead atoms. The van der Waals surface area contributed by atoms with E-state index in [1.54, 1.807) is 0 Å². The first-order valence-electron chi connectivity index (χ1n) is 11.7. The molecule has 168 valence electrons. The number of hydrogen-bond acceptors (Lipinski definition) is 6. The smallest absolute Gasteiger partial charge is 0.241 e. The minimum absolute atomic E-state index is 0.0310. The van der Waals surface area contributed by atoms with Crippen molar-refractivity contribution in [1.29, 1.82) is 0 Å². The Labute approximate surface area is 183 Å². The Morgan fingerprint density at radius 2 is 1.90 bits per heavy atom. The molecule has 4 unspecified atom stereocenters. The molecule has 0 aromatic heterocycles. The lowest BCUT2D eigenvalue weighted by Gasteiger charge is -2.51. The molecule has 4 fully saturated rings. The molecule has 5 rings (SSSR count). The maximum atomic E-state index is 13.1. The lowest BCUT2D eigenvalue weighted by Crippen LogP contribution is -2.68. The predicted octanol–water partition coefficient (Wildman–Crippen LogP) is 1.44. The number of carbonyl (C=O) groups is 2. The van der Waals surface area contributed by atoms with Crippen LogP contribution in [-0.4, -0.2) is 79.2 Å². The highest BCUT2D eigenvalue weighted by atomic mass is 16.5. The van der Waals surface area contributed by atoms with Crippen molar-refractivity contribution in [2.24, 2.45) is 5.92 Å². The minimum Gasteiger partial charge on any atom is -0.378 e. The molecule has 3 saturated heterocycles. The Bertz CT molecular complexity index is 810. The van der Waals surface area contributed by atoms with Crippen LogP contribution in [-0.2, 0) is 14.3 Å². The van der Waals surface area contributed by atoms with Crippen LogP contribution in [0.15, 0.2) is 24.3 Å². The molecular formula is C23H33N5O3. The second-order valence-corrected chi connectivity index (χ2v) is 9.02. The highest BCUT2D eigenvalue weighted by molar-refractivity contribution is 5.93. The molecule has 1 saturated carbocycles. The topological polar surface area (TPSA) is 77.2 Å². The van der Waals surface area contributed by atoms with Gasteiger partial charge in [-0.25, -0.2) is 5.01 Å². The molecule has 3 aliphatic heterocycles. The second-order valence-electron chi connectivity index (χ2n) is 9.02. The minimum atomic E-state index is -0.0684. The summed E-state index contributed by atoms with van der Waals surface area (Å²) >= 11 is 0. The van der Waals surface area contributed by atoms with Crippen molar-refractivity contribution in [3.8, 4) is 0 Å². The zero-order valence-corrected chi connectivity index (χ0v) is 18.3. The number of hydrogen-bond donors (Lipinski definition) is 2. The third-order valence-corrected chi connectivity index (χ3v) is 7.38. The zero-order chi connectivity index (χ0) is 21.4. The number of piperazine rings is 1. The van der Waals surface area contributed by atoms with Crippen LogP contribution in [0.25, 0.3) is 0 Å². The van der Waals surface area contributed by atoms with Gasteiger partial charge in [-0.3, -0.25) is 15.0 Å². The van der Waals surface area contributed by atoms with Gasteiger partial charge in [0, 0.05) is 55.6 Å². The third kappa shape index (κ3) is 3.92. The fourth-order valence-corrected chi connectivity index (χ4v) is 5.77. The van der Waals surface area contributed by atoms with Crippen molar-refractivity contribution in [1.82, 2.24) is 15.3 Å². The maximum Gasteiger partial charge on any atom is 0.241 e. The van der Waals surface area contributed by atoms with Crippen molar-refractivity contribution in [2.45, 2.75) is 50.7 Å². The number of morpholine rings is 1. The van der Waals surface area contributed by atoms with E-state index in [-0.39, 0.29) is 29.8 Å². The van der Waals surface area contributed by atoms with Gasteiger partial charge >= 0.3 is 0 Å². The Balaban J connectivity index is 1.23. The number of nitrogens with one attached hydrogen (secondary N) is 2. The molecule has 4 atom stereocenters. The normalized spacial score (nSPS) is 31.3. The van der Waals surface area contributed by atoms with Gasteiger partial charge in [0.1, 0.15) is 6.04 Å². The summed E-state index contributed by atoms with van der Waals surface area (Å²) in [5.41, 5.74) is 5.41. The lowest BCUT2D eigenvalue weighted by atomic mass is 9.78. The van der Waals surface area contributed by atoms with Gasteiger partial charge in [-0.15, -0.1) is 0 Å².